The maximum atomic E-state index is 12.5. The van der Waals surface area contributed by atoms with E-state index in [1.165, 1.54) is 5.56 Å². The third-order valence-electron chi connectivity index (χ3n) is 5.30. The van der Waals surface area contributed by atoms with E-state index in [9.17, 15) is 14.4 Å². The zero-order valence-corrected chi connectivity index (χ0v) is 18.0. The molecule has 2 N–H and O–H groups in total. The van der Waals surface area contributed by atoms with Gasteiger partial charge in [-0.1, -0.05) is 36.4 Å². The highest BCUT2D eigenvalue weighted by molar-refractivity contribution is 5.94. The van der Waals surface area contributed by atoms with Gasteiger partial charge in [0.2, 0.25) is 6.41 Å². The Bertz CT molecular complexity index is 893. The number of hydrogen-bond donors (Lipinski definition) is 2. The van der Waals surface area contributed by atoms with E-state index in [1.807, 2.05) is 12.1 Å². The van der Waals surface area contributed by atoms with Gasteiger partial charge in [0.1, 0.15) is 5.78 Å². The highest BCUT2D eigenvalue weighted by Gasteiger charge is 2.12. The number of ether oxygens (including phenoxy) is 1. The zero-order valence-electron chi connectivity index (χ0n) is 18.0. The van der Waals surface area contributed by atoms with Crippen LogP contribution in [0.2, 0.25) is 0 Å². The summed E-state index contributed by atoms with van der Waals surface area (Å²) in [7, 11) is 0. The molecule has 0 bridgehead atoms. The predicted octanol–water partition coefficient (Wildman–Crippen LogP) is 1.45. The molecule has 0 saturated carbocycles. The summed E-state index contributed by atoms with van der Waals surface area (Å²) in [5.74, 6) is -0.195. The van der Waals surface area contributed by atoms with Crippen LogP contribution in [-0.4, -0.2) is 72.7 Å². The second kappa shape index (κ2) is 12.1. The molecule has 2 amide bonds. The lowest BCUT2D eigenvalue weighted by molar-refractivity contribution is -0.149. The highest BCUT2D eigenvalue weighted by Crippen LogP contribution is 2.12. The normalized spacial score (nSPS) is 14.0. The Hall–Kier alpha value is -3.07. The average Bonchev–Trinajstić information content (AvgIpc) is 2.81. The van der Waals surface area contributed by atoms with Crippen molar-refractivity contribution in [2.24, 2.45) is 0 Å². The first-order valence-corrected chi connectivity index (χ1v) is 10.7. The molecule has 1 aliphatic rings. The summed E-state index contributed by atoms with van der Waals surface area (Å²) in [4.78, 5) is 37.2. The van der Waals surface area contributed by atoms with E-state index in [0.717, 1.165) is 44.0 Å². The molecule has 0 aliphatic carbocycles. The van der Waals surface area contributed by atoms with Gasteiger partial charge < -0.3 is 10.1 Å². The first-order valence-electron chi connectivity index (χ1n) is 10.7. The zero-order chi connectivity index (χ0) is 22.8. The van der Waals surface area contributed by atoms with Crippen LogP contribution in [0.5, 0.6) is 0 Å². The fourth-order valence-corrected chi connectivity index (χ4v) is 3.51. The van der Waals surface area contributed by atoms with Crippen LogP contribution in [0.4, 0.5) is 0 Å². The minimum atomic E-state index is -0.306. The Morgan fingerprint density at radius 3 is 2.12 bits per heavy atom. The number of nitrogens with one attached hydrogen (secondary N) is 1. The van der Waals surface area contributed by atoms with Crippen molar-refractivity contribution in [3.63, 3.8) is 0 Å². The fraction of sp³-hybridized carbons (Fsp3) is 0.375. The van der Waals surface area contributed by atoms with E-state index in [4.69, 9.17) is 9.94 Å². The standard InChI is InChI=1S/C24H29N3O5/c28-18-27(31)10-9-25-24(30)22-7-5-20(6-8-22)16-23(29)15-19-1-3-21(4-2-19)17-26-11-13-32-14-12-26/h1-8,18,31H,9-17H2,(H,25,30). The highest BCUT2D eigenvalue weighted by atomic mass is 16.5. The van der Waals surface area contributed by atoms with E-state index in [0.29, 0.717) is 23.5 Å². The van der Waals surface area contributed by atoms with E-state index in [1.54, 1.807) is 24.3 Å². The summed E-state index contributed by atoms with van der Waals surface area (Å²) >= 11 is 0. The number of carbonyl (C=O) groups is 3. The van der Waals surface area contributed by atoms with Crippen molar-refractivity contribution in [2.45, 2.75) is 19.4 Å². The van der Waals surface area contributed by atoms with Crippen LogP contribution < -0.4 is 5.32 Å². The van der Waals surface area contributed by atoms with Crippen molar-refractivity contribution in [1.82, 2.24) is 15.3 Å². The lowest BCUT2D eigenvalue weighted by Gasteiger charge is -2.26. The van der Waals surface area contributed by atoms with Crippen molar-refractivity contribution in [1.29, 1.82) is 0 Å². The largest absolute Gasteiger partial charge is 0.379 e. The van der Waals surface area contributed by atoms with Crippen LogP contribution in [0.15, 0.2) is 48.5 Å². The van der Waals surface area contributed by atoms with Crippen molar-refractivity contribution < 1.29 is 24.3 Å². The summed E-state index contributed by atoms with van der Waals surface area (Å²) in [6, 6.07) is 15.0. The summed E-state index contributed by atoms with van der Waals surface area (Å²) in [6.07, 6.45) is 0.947. The van der Waals surface area contributed by atoms with E-state index in [2.05, 4.69) is 22.3 Å². The second-order valence-corrected chi connectivity index (χ2v) is 7.82. The van der Waals surface area contributed by atoms with Gasteiger partial charge in [0.15, 0.2) is 0 Å². The molecule has 1 heterocycles. The van der Waals surface area contributed by atoms with Crippen LogP contribution in [0.3, 0.4) is 0 Å². The first-order chi connectivity index (χ1) is 15.5. The molecule has 2 aromatic rings. The monoisotopic (exact) mass is 439 g/mol. The van der Waals surface area contributed by atoms with Crippen LogP contribution in [0.1, 0.15) is 27.0 Å². The number of morpholine rings is 1. The van der Waals surface area contributed by atoms with Crippen molar-refractivity contribution in [2.75, 3.05) is 39.4 Å². The van der Waals surface area contributed by atoms with Crippen molar-refractivity contribution in [3.8, 4) is 0 Å². The maximum absolute atomic E-state index is 12.5. The van der Waals surface area contributed by atoms with Gasteiger partial charge in [-0.3, -0.25) is 24.5 Å². The van der Waals surface area contributed by atoms with Crippen LogP contribution >= 0.6 is 0 Å². The van der Waals surface area contributed by atoms with Gasteiger partial charge >= 0.3 is 0 Å². The molecule has 0 spiro atoms. The van der Waals surface area contributed by atoms with Gasteiger partial charge in [-0.15, -0.1) is 0 Å². The van der Waals surface area contributed by atoms with Crippen LogP contribution in [-0.2, 0) is 33.7 Å². The van der Waals surface area contributed by atoms with E-state index < -0.39 is 0 Å². The number of hydrogen-bond acceptors (Lipinski definition) is 6. The molecular weight excluding hydrogens is 410 g/mol. The minimum Gasteiger partial charge on any atom is -0.379 e. The van der Waals surface area contributed by atoms with Gasteiger partial charge in [0.25, 0.3) is 5.91 Å². The predicted molar refractivity (Wildman–Crippen MR) is 118 cm³/mol. The molecule has 170 valence electrons. The van der Waals surface area contributed by atoms with Crippen LogP contribution in [0.25, 0.3) is 0 Å². The molecule has 8 nitrogen and oxygen atoms in total. The number of carbonyl (C=O) groups excluding carboxylic acids is 3. The number of benzene rings is 2. The SMILES string of the molecule is O=CN(O)CCNC(=O)c1ccc(CC(=O)Cc2ccc(CN3CCOCC3)cc2)cc1. The smallest absolute Gasteiger partial charge is 0.251 e. The van der Waals surface area contributed by atoms with Gasteiger partial charge in [-0.25, -0.2) is 5.06 Å². The molecule has 0 atom stereocenters. The van der Waals surface area contributed by atoms with Gasteiger partial charge in [0, 0.05) is 44.6 Å². The number of hydroxylamine groups is 2. The third kappa shape index (κ3) is 7.56. The van der Waals surface area contributed by atoms with E-state index in [-0.39, 0.29) is 31.2 Å². The third-order valence-corrected chi connectivity index (χ3v) is 5.30. The van der Waals surface area contributed by atoms with Crippen LogP contribution in [0, 0.1) is 0 Å². The number of Topliss-reactive ketones (excluding diaryl/α,β-unsaturated/α-hetero) is 1. The average molecular weight is 440 g/mol. The minimum absolute atomic E-state index is 0.00994. The van der Waals surface area contributed by atoms with Gasteiger partial charge in [0.05, 0.1) is 19.8 Å². The number of rotatable bonds is 11. The summed E-state index contributed by atoms with van der Waals surface area (Å²) in [5, 5.41) is 12.1. The molecule has 1 fully saturated rings. The Balaban J connectivity index is 1.44. The first kappa shape index (κ1) is 23.6. The molecule has 0 unspecified atom stereocenters. The van der Waals surface area contributed by atoms with Crippen molar-refractivity contribution in [3.05, 3.63) is 70.8 Å². The lowest BCUT2D eigenvalue weighted by atomic mass is 10.0. The quantitative estimate of drug-likeness (QED) is 0.312. The molecule has 8 heteroatoms. The fourth-order valence-electron chi connectivity index (χ4n) is 3.51. The van der Waals surface area contributed by atoms with Crippen molar-refractivity contribution >= 4 is 18.1 Å². The topological polar surface area (TPSA) is 99.2 Å². The Kier molecular flexibility index (Phi) is 8.91. The molecule has 2 aromatic carbocycles. The molecule has 3 rings (SSSR count). The molecular formula is C24H29N3O5. The maximum Gasteiger partial charge on any atom is 0.251 e. The molecule has 0 aromatic heterocycles. The second-order valence-electron chi connectivity index (χ2n) is 7.82. The molecule has 1 aliphatic heterocycles. The van der Waals surface area contributed by atoms with Gasteiger partial charge in [-0.05, 0) is 28.8 Å². The number of ketones is 1. The number of amides is 2. The molecule has 0 radical (unpaired) electrons. The Morgan fingerprint density at radius 2 is 1.53 bits per heavy atom. The summed E-state index contributed by atoms with van der Waals surface area (Å²) in [5.41, 5.74) is 3.52. The van der Waals surface area contributed by atoms with Gasteiger partial charge in [-0.2, -0.15) is 0 Å². The summed E-state index contributed by atoms with van der Waals surface area (Å²) in [6.45, 7) is 4.50. The number of nitrogens with zero attached hydrogens (tertiary/aromatic N) is 2. The Labute approximate surface area is 187 Å². The Morgan fingerprint density at radius 1 is 0.969 bits per heavy atom. The molecule has 1 saturated heterocycles. The summed E-state index contributed by atoms with van der Waals surface area (Å²) < 4.78 is 5.38. The lowest BCUT2D eigenvalue weighted by Crippen LogP contribution is -2.35. The molecule has 32 heavy (non-hydrogen) atoms. The van der Waals surface area contributed by atoms with E-state index >= 15 is 0 Å².